The monoisotopic (exact) mass is 338 g/mol. The number of hydrogen-bond donors (Lipinski definition) is 0. The minimum atomic E-state index is -0.256. The summed E-state index contributed by atoms with van der Waals surface area (Å²) in [7, 11) is 0. The molecule has 0 radical (unpaired) electrons. The lowest BCUT2D eigenvalue weighted by atomic mass is 10.3. The predicted molar refractivity (Wildman–Crippen MR) is 89.8 cm³/mol. The molecule has 1 aromatic carbocycles. The van der Waals surface area contributed by atoms with Crippen molar-refractivity contribution in [2.75, 3.05) is 59.5 Å². The van der Waals surface area contributed by atoms with Gasteiger partial charge in [0, 0.05) is 0 Å². The van der Waals surface area contributed by atoms with Crippen molar-refractivity contribution in [1.82, 2.24) is 0 Å². The van der Waals surface area contributed by atoms with Gasteiger partial charge in [0.15, 0.2) is 11.5 Å². The summed E-state index contributed by atoms with van der Waals surface area (Å²) < 4.78 is 33.5. The van der Waals surface area contributed by atoms with Gasteiger partial charge in [0.1, 0.15) is 12.7 Å². The molecule has 0 fully saturated rings. The van der Waals surface area contributed by atoms with E-state index in [1.165, 1.54) is 0 Å². The molecule has 0 bridgehead atoms. The fourth-order valence-electron chi connectivity index (χ4n) is 2.05. The summed E-state index contributed by atoms with van der Waals surface area (Å²) in [6, 6.07) is 7.53. The third kappa shape index (κ3) is 7.31. The van der Waals surface area contributed by atoms with Crippen LogP contribution >= 0.6 is 0 Å². The first-order valence-corrected chi connectivity index (χ1v) is 8.22. The SMILES string of the molecule is C=CC1COCCOCCOCCOCCOc2ccccc2O1. The van der Waals surface area contributed by atoms with Crippen LogP contribution in [0.2, 0.25) is 0 Å². The minimum Gasteiger partial charge on any atom is -0.487 e. The fraction of sp³-hybridized carbons (Fsp3) is 0.556. The summed E-state index contributed by atoms with van der Waals surface area (Å²) in [5.41, 5.74) is 0. The molecule has 1 unspecified atom stereocenters. The molecule has 1 aliphatic rings. The molecule has 0 aliphatic carbocycles. The largest absolute Gasteiger partial charge is 0.487 e. The molecule has 0 saturated carbocycles. The third-order valence-electron chi connectivity index (χ3n) is 3.27. The van der Waals surface area contributed by atoms with Crippen molar-refractivity contribution in [2.24, 2.45) is 0 Å². The highest BCUT2D eigenvalue weighted by Crippen LogP contribution is 2.27. The van der Waals surface area contributed by atoms with Gasteiger partial charge in [-0.25, -0.2) is 0 Å². The number of fused-ring (bicyclic) bond motifs is 1. The van der Waals surface area contributed by atoms with Gasteiger partial charge in [-0.15, -0.1) is 0 Å². The van der Waals surface area contributed by atoms with E-state index in [1.54, 1.807) is 6.08 Å². The van der Waals surface area contributed by atoms with Crippen molar-refractivity contribution in [2.45, 2.75) is 6.10 Å². The van der Waals surface area contributed by atoms with Crippen molar-refractivity contribution in [1.29, 1.82) is 0 Å². The molecule has 24 heavy (non-hydrogen) atoms. The molecule has 0 spiro atoms. The van der Waals surface area contributed by atoms with E-state index < -0.39 is 0 Å². The van der Waals surface area contributed by atoms with E-state index in [4.69, 9.17) is 28.4 Å². The molecule has 1 aromatic rings. The topological polar surface area (TPSA) is 55.4 Å². The van der Waals surface area contributed by atoms with Crippen LogP contribution in [0.3, 0.4) is 0 Å². The Morgan fingerprint density at radius 3 is 1.92 bits per heavy atom. The van der Waals surface area contributed by atoms with Crippen molar-refractivity contribution in [3.63, 3.8) is 0 Å². The van der Waals surface area contributed by atoms with Crippen LogP contribution in [0.1, 0.15) is 0 Å². The lowest BCUT2D eigenvalue weighted by molar-refractivity contribution is -0.0127. The number of benzene rings is 1. The van der Waals surface area contributed by atoms with Gasteiger partial charge in [-0.1, -0.05) is 18.7 Å². The number of hydrogen-bond acceptors (Lipinski definition) is 6. The van der Waals surface area contributed by atoms with Gasteiger partial charge in [0.05, 0.1) is 52.9 Å². The molecule has 1 aliphatic heterocycles. The molecule has 0 amide bonds. The average molecular weight is 338 g/mol. The predicted octanol–water partition coefficient (Wildman–Crippen LogP) is 2.08. The Kier molecular flexibility index (Phi) is 9.26. The Morgan fingerprint density at radius 1 is 0.750 bits per heavy atom. The highest BCUT2D eigenvalue weighted by atomic mass is 16.6. The molecular weight excluding hydrogens is 312 g/mol. The second-order valence-electron chi connectivity index (χ2n) is 5.10. The molecule has 0 aromatic heterocycles. The van der Waals surface area contributed by atoms with E-state index in [1.807, 2.05) is 24.3 Å². The quantitative estimate of drug-likeness (QED) is 0.731. The van der Waals surface area contributed by atoms with Crippen LogP contribution in [-0.2, 0) is 18.9 Å². The first-order chi connectivity index (χ1) is 11.9. The van der Waals surface area contributed by atoms with E-state index in [0.717, 1.165) is 0 Å². The van der Waals surface area contributed by atoms with Gasteiger partial charge in [-0.05, 0) is 18.2 Å². The smallest absolute Gasteiger partial charge is 0.162 e. The first kappa shape index (κ1) is 18.7. The summed E-state index contributed by atoms with van der Waals surface area (Å²) in [4.78, 5) is 0. The van der Waals surface area contributed by atoms with Crippen LogP contribution in [-0.4, -0.2) is 65.6 Å². The summed E-state index contributed by atoms with van der Waals surface area (Å²) in [6.45, 7) is 8.31. The van der Waals surface area contributed by atoms with Gasteiger partial charge in [0.2, 0.25) is 0 Å². The Bertz CT molecular complexity index is 465. The zero-order valence-electron chi connectivity index (χ0n) is 14.0. The van der Waals surface area contributed by atoms with Gasteiger partial charge in [0.25, 0.3) is 0 Å². The van der Waals surface area contributed by atoms with E-state index in [-0.39, 0.29) is 6.10 Å². The fourth-order valence-corrected chi connectivity index (χ4v) is 2.05. The van der Waals surface area contributed by atoms with Crippen LogP contribution in [0.5, 0.6) is 11.5 Å². The Labute approximate surface area is 143 Å². The molecule has 6 heteroatoms. The Hall–Kier alpha value is -1.60. The van der Waals surface area contributed by atoms with Crippen LogP contribution in [0, 0.1) is 0 Å². The standard InChI is InChI=1S/C18H26O6/c1-2-16-15-22-12-11-20-8-7-19-9-10-21-13-14-23-17-5-3-4-6-18(17)24-16/h2-6,16H,1,7-15H2. The van der Waals surface area contributed by atoms with Crippen molar-refractivity contribution in [3.8, 4) is 11.5 Å². The maximum atomic E-state index is 5.92. The molecule has 134 valence electrons. The van der Waals surface area contributed by atoms with Crippen LogP contribution < -0.4 is 9.47 Å². The van der Waals surface area contributed by atoms with Crippen LogP contribution in [0.25, 0.3) is 0 Å². The van der Waals surface area contributed by atoms with Crippen molar-refractivity contribution < 1.29 is 28.4 Å². The molecule has 0 N–H and O–H groups in total. The van der Waals surface area contributed by atoms with Crippen LogP contribution in [0.15, 0.2) is 36.9 Å². The highest BCUT2D eigenvalue weighted by molar-refractivity contribution is 5.39. The minimum absolute atomic E-state index is 0.256. The highest BCUT2D eigenvalue weighted by Gasteiger charge is 2.11. The summed E-state index contributed by atoms with van der Waals surface area (Å²) in [5.74, 6) is 1.33. The van der Waals surface area contributed by atoms with E-state index in [2.05, 4.69) is 6.58 Å². The Balaban J connectivity index is 1.91. The lowest BCUT2D eigenvalue weighted by Crippen LogP contribution is -2.22. The van der Waals surface area contributed by atoms with E-state index >= 15 is 0 Å². The molecule has 6 nitrogen and oxygen atoms in total. The second kappa shape index (κ2) is 11.9. The van der Waals surface area contributed by atoms with Crippen molar-refractivity contribution in [3.05, 3.63) is 36.9 Å². The third-order valence-corrected chi connectivity index (χ3v) is 3.27. The maximum absolute atomic E-state index is 5.92. The summed E-state index contributed by atoms with van der Waals surface area (Å²) >= 11 is 0. The zero-order chi connectivity index (χ0) is 16.9. The molecule has 2 rings (SSSR count). The first-order valence-electron chi connectivity index (χ1n) is 8.22. The zero-order valence-corrected chi connectivity index (χ0v) is 14.0. The molecule has 1 atom stereocenters. The number of ether oxygens (including phenoxy) is 6. The van der Waals surface area contributed by atoms with Gasteiger partial charge >= 0.3 is 0 Å². The van der Waals surface area contributed by atoms with E-state index in [9.17, 15) is 0 Å². The normalized spacial score (nSPS) is 22.1. The lowest BCUT2D eigenvalue weighted by Gasteiger charge is -2.18. The maximum Gasteiger partial charge on any atom is 0.162 e. The average Bonchev–Trinajstić information content (AvgIpc) is 2.61. The molecular formula is C18H26O6. The van der Waals surface area contributed by atoms with E-state index in [0.29, 0.717) is 71.0 Å². The number of rotatable bonds is 1. The molecule has 0 saturated heterocycles. The van der Waals surface area contributed by atoms with Gasteiger partial charge in [-0.2, -0.15) is 0 Å². The summed E-state index contributed by atoms with van der Waals surface area (Å²) in [5, 5.41) is 0. The summed E-state index contributed by atoms with van der Waals surface area (Å²) in [6.07, 6.45) is 1.46. The number of para-hydroxylation sites is 2. The Morgan fingerprint density at radius 2 is 1.29 bits per heavy atom. The van der Waals surface area contributed by atoms with Gasteiger partial charge < -0.3 is 28.4 Å². The second-order valence-corrected chi connectivity index (χ2v) is 5.10. The van der Waals surface area contributed by atoms with Crippen molar-refractivity contribution >= 4 is 0 Å². The molecule has 1 heterocycles. The van der Waals surface area contributed by atoms with Gasteiger partial charge in [-0.3, -0.25) is 0 Å². The van der Waals surface area contributed by atoms with Crippen LogP contribution in [0.4, 0.5) is 0 Å².